The Balaban J connectivity index is 0. The minimum Gasteiger partial charge on any atom is -0.516 e. The Bertz CT molecular complexity index is 272. The molecule has 0 atom stereocenters. The Morgan fingerprint density at radius 2 is 1.31 bits per heavy atom. The molecule has 0 aliphatic carbocycles. The number of aliphatic hydroxyl groups is 2. The van der Waals surface area contributed by atoms with Gasteiger partial charge in [-0.1, -0.05) is 30.9 Å². The summed E-state index contributed by atoms with van der Waals surface area (Å²) >= 11 is 0. The van der Waals surface area contributed by atoms with Gasteiger partial charge in [-0.3, -0.25) is 0 Å². The number of hydrogen-bond acceptors (Lipinski definition) is 3. The molecule has 1 aromatic carbocycles. The molecule has 0 heterocycles. The van der Waals surface area contributed by atoms with E-state index in [1.54, 1.807) is 0 Å². The summed E-state index contributed by atoms with van der Waals surface area (Å²) in [5.41, 5.74) is 2.57. The summed E-state index contributed by atoms with van der Waals surface area (Å²) in [6, 6.07) is 8.48. The summed E-state index contributed by atoms with van der Waals surface area (Å²) in [4.78, 5) is 2.10. The van der Waals surface area contributed by atoms with E-state index < -0.39 is 0 Å². The Morgan fingerprint density at radius 1 is 1.00 bits per heavy atom. The molecule has 0 saturated heterocycles. The van der Waals surface area contributed by atoms with Gasteiger partial charge >= 0.3 is 0 Å². The summed E-state index contributed by atoms with van der Waals surface area (Å²) in [6.45, 7) is 7.93. The van der Waals surface area contributed by atoms with E-state index in [0.717, 1.165) is 12.5 Å². The molecule has 3 heteroatoms. The molecule has 0 unspecified atom stereocenters. The summed E-state index contributed by atoms with van der Waals surface area (Å²) in [7, 11) is 4.09. The topological polar surface area (TPSA) is 43.7 Å². The van der Waals surface area contributed by atoms with Crippen molar-refractivity contribution in [1.29, 1.82) is 0 Å². The fourth-order valence-electron chi connectivity index (χ4n) is 0.843. The van der Waals surface area contributed by atoms with Gasteiger partial charge in [-0.2, -0.15) is 0 Å². The summed E-state index contributed by atoms with van der Waals surface area (Å²) in [5.74, 6) is 0. The average molecular weight is 223 g/mol. The van der Waals surface area contributed by atoms with Crippen LogP contribution in [-0.2, 0) is 0 Å². The Morgan fingerprint density at radius 3 is 1.56 bits per heavy atom. The molecular weight excluding hydrogens is 202 g/mol. The number of aryl methyl sites for hydroxylation is 1. The van der Waals surface area contributed by atoms with Gasteiger partial charge in [0.2, 0.25) is 0 Å². The molecule has 0 aromatic heterocycles. The molecule has 1 rings (SSSR count). The van der Waals surface area contributed by atoms with Crippen LogP contribution >= 0.6 is 0 Å². The summed E-state index contributed by atoms with van der Waals surface area (Å²) < 4.78 is 0. The lowest BCUT2D eigenvalue weighted by molar-refractivity contribution is 0.475. The molecular formula is C13H21NO2. The smallest absolute Gasteiger partial charge is 0.0719 e. The number of aliphatic hydroxyl groups excluding tert-OH is 2. The predicted octanol–water partition coefficient (Wildman–Crippen LogP) is 3.44. The second-order valence-corrected chi connectivity index (χ2v) is 3.10. The van der Waals surface area contributed by atoms with E-state index in [9.17, 15) is 0 Å². The largest absolute Gasteiger partial charge is 0.516 e. The molecule has 2 N–H and O–H groups in total. The van der Waals surface area contributed by atoms with Crippen LogP contribution in [0, 0.1) is 6.92 Å². The Kier molecular flexibility index (Phi) is 11.5. The van der Waals surface area contributed by atoms with Gasteiger partial charge in [0.1, 0.15) is 0 Å². The minimum atomic E-state index is 0.750. The fourth-order valence-corrected chi connectivity index (χ4v) is 0.843. The molecule has 0 bridgehead atoms. The molecule has 1 aromatic rings. The van der Waals surface area contributed by atoms with E-state index >= 15 is 0 Å². The first-order valence-corrected chi connectivity index (χ1v) is 4.77. The lowest BCUT2D eigenvalue weighted by Crippen LogP contribution is -2.07. The van der Waals surface area contributed by atoms with Crippen molar-refractivity contribution >= 4 is 5.69 Å². The van der Waals surface area contributed by atoms with Crippen LogP contribution in [-0.4, -0.2) is 24.3 Å². The van der Waals surface area contributed by atoms with Crippen LogP contribution in [0.15, 0.2) is 49.9 Å². The number of benzene rings is 1. The van der Waals surface area contributed by atoms with Crippen LogP contribution < -0.4 is 4.90 Å². The van der Waals surface area contributed by atoms with Crippen molar-refractivity contribution in [2.45, 2.75) is 6.92 Å². The van der Waals surface area contributed by atoms with Gasteiger partial charge in [-0.25, -0.2) is 0 Å². The maximum Gasteiger partial charge on any atom is 0.0719 e. The van der Waals surface area contributed by atoms with E-state index in [0.29, 0.717) is 0 Å². The fraction of sp³-hybridized carbons (Fsp3) is 0.231. The number of nitrogens with zero attached hydrogens (tertiary/aromatic N) is 1. The molecule has 90 valence electrons. The van der Waals surface area contributed by atoms with Crippen LogP contribution in [0.5, 0.6) is 0 Å². The Labute approximate surface area is 98.0 Å². The third-order valence-corrected chi connectivity index (χ3v) is 1.55. The van der Waals surface area contributed by atoms with Crippen molar-refractivity contribution in [2.24, 2.45) is 0 Å². The molecule has 0 spiro atoms. The Hall–Kier alpha value is -1.90. The zero-order valence-electron chi connectivity index (χ0n) is 10.2. The summed E-state index contributed by atoms with van der Waals surface area (Å²) in [6.07, 6.45) is 1.50. The molecule has 0 fully saturated rings. The van der Waals surface area contributed by atoms with Crippen LogP contribution in [0.25, 0.3) is 0 Å². The van der Waals surface area contributed by atoms with Gasteiger partial charge in [0.25, 0.3) is 0 Å². The van der Waals surface area contributed by atoms with Crippen molar-refractivity contribution in [1.82, 2.24) is 0 Å². The standard InChI is InChI=1S/C9H13N.2C2H4O/c1-8-4-6-9(7-5-8)10(2)3;2*1-2-3/h4-7H,1-3H3;2*2-3H,1H2. The zero-order valence-corrected chi connectivity index (χ0v) is 10.2. The van der Waals surface area contributed by atoms with Gasteiger partial charge in [0.05, 0.1) is 12.5 Å². The monoisotopic (exact) mass is 223 g/mol. The number of rotatable bonds is 1. The quantitative estimate of drug-likeness (QED) is 0.717. The highest BCUT2D eigenvalue weighted by Gasteiger charge is 1.90. The van der Waals surface area contributed by atoms with E-state index in [2.05, 4.69) is 49.2 Å². The van der Waals surface area contributed by atoms with Crippen LogP contribution in [0.1, 0.15) is 5.56 Å². The van der Waals surface area contributed by atoms with Gasteiger partial charge in [-0.15, -0.1) is 0 Å². The predicted molar refractivity (Wildman–Crippen MR) is 71.2 cm³/mol. The van der Waals surface area contributed by atoms with E-state index in [1.165, 1.54) is 11.3 Å². The average Bonchev–Trinajstić information content (AvgIpc) is 2.20. The van der Waals surface area contributed by atoms with Crippen molar-refractivity contribution in [3.05, 3.63) is 55.5 Å². The molecule has 0 amide bonds. The maximum absolute atomic E-state index is 7.33. The summed E-state index contributed by atoms with van der Waals surface area (Å²) in [5, 5.41) is 14.7. The van der Waals surface area contributed by atoms with Crippen molar-refractivity contribution in [2.75, 3.05) is 19.0 Å². The molecule has 16 heavy (non-hydrogen) atoms. The van der Waals surface area contributed by atoms with Gasteiger partial charge in [-0.05, 0) is 19.1 Å². The lowest BCUT2D eigenvalue weighted by Gasteiger charge is -2.11. The van der Waals surface area contributed by atoms with E-state index in [-0.39, 0.29) is 0 Å². The molecule has 0 aliphatic heterocycles. The number of hydrogen-bond donors (Lipinski definition) is 2. The first-order valence-electron chi connectivity index (χ1n) is 4.77. The van der Waals surface area contributed by atoms with Gasteiger partial charge in [0.15, 0.2) is 0 Å². The first kappa shape index (κ1) is 16.5. The molecule has 3 nitrogen and oxygen atoms in total. The van der Waals surface area contributed by atoms with Crippen molar-refractivity contribution in [3.8, 4) is 0 Å². The van der Waals surface area contributed by atoms with Gasteiger partial charge < -0.3 is 15.1 Å². The van der Waals surface area contributed by atoms with E-state index in [1.807, 2.05) is 14.1 Å². The third kappa shape index (κ3) is 10.2. The normalized spacial score (nSPS) is 7.44. The van der Waals surface area contributed by atoms with Crippen LogP contribution in [0.2, 0.25) is 0 Å². The minimum absolute atomic E-state index is 0.750. The van der Waals surface area contributed by atoms with Crippen molar-refractivity contribution in [3.63, 3.8) is 0 Å². The lowest BCUT2D eigenvalue weighted by atomic mass is 10.2. The highest BCUT2D eigenvalue weighted by atomic mass is 16.2. The third-order valence-electron chi connectivity index (χ3n) is 1.55. The maximum atomic E-state index is 7.33. The highest BCUT2D eigenvalue weighted by molar-refractivity contribution is 5.45. The van der Waals surface area contributed by atoms with Crippen molar-refractivity contribution < 1.29 is 10.2 Å². The molecule has 0 radical (unpaired) electrons. The second kappa shape index (κ2) is 11.2. The van der Waals surface area contributed by atoms with E-state index in [4.69, 9.17) is 10.2 Å². The van der Waals surface area contributed by atoms with Gasteiger partial charge in [0, 0.05) is 19.8 Å². The SMILES string of the molecule is C=CO.C=CO.Cc1ccc(N(C)C)cc1. The highest BCUT2D eigenvalue weighted by Crippen LogP contribution is 2.10. The number of anilines is 1. The molecule has 0 aliphatic rings. The van der Waals surface area contributed by atoms with Crippen LogP contribution in [0.3, 0.4) is 0 Å². The molecule has 0 saturated carbocycles. The van der Waals surface area contributed by atoms with Crippen LogP contribution in [0.4, 0.5) is 5.69 Å². The second-order valence-electron chi connectivity index (χ2n) is 3.10. The first-order chi connectivity index (χ1) is 7.53. The zero-order chi connectivity index (χ0) is 13.0.